The summed E-state index contributed by atoms with van der Waals surface area (Å²) in [5.74, 6) is -1.11. The van der Waals surface area contributed by atoms with Crippen molar-refractivity contribution < 1.29 is 23.8 Å². The quantitative estimate of drug-likeness (QED) is 0.613. The highest BCUT2D eigenvalue weighted by atomic mass is 16.6. The number of cyclic esters (lactones) is 1. The Balaban J connectivity index is 2.07. The molecule has 0 radical (unpaired) electrons. The highest BCUT2D eigenvalue weighted by molar-refractivity contribution is 5.96. The van der Waals surface area contributed by atoms with Crippen molar-refractivity contribution in [3.8, 4) is 5.75 Å². The van der Waals surface area contributed by atoms with Gasteiger partial charge in [-0.25, -0.2) is 0 Å². The molecular weight excluding hydrogens is 248 g/mol. The summed E-state index contributed by atoms with van der Waals surface area (Å²) in [7, 11) is 1.58. The molecule has 1 heterocycles. The zero-order valence-electron chi connectivity index (χ0n) is 10.9. The highest BCUT2D eigenvalue weighted by Gasteiger charge is 2.41. The number of carbonyl (C=O) groups excluding carboxylic acids is 2. The summed E-state index contributed by atoms with van der Waals surface area (Å²) in [5, 5.41) is 0. The second-order valence-corrected chi connectivity index (χ2v) is 4.24. The van der Waals surface area contributed by atoms with Crippen LogP contribution >= 0.6 is 0 Å². The fourth-order valence-electron chi connectivity index (χ4n) is 2.04. The fraction of sp³-hybridized carbons (Fsp3) is 0.429. The number of rotatable bonds is 4. The third-order valence-corrected chi connectivity index (χ3v) is 3.05. The Morgan fingerprint density at radius 2 is 2.05 bits per heavy atom. The highest BCUT2D eigenvalue weighted by Crippen LogP contribution is 2.34. The van der Waals surface area contributed by atoms with Crippen LogP contribution in [0, 0.1) is 5.92 Å². The first kappa shape index (κ1) is 13.4. The Kier molecular flexibility index (Phi) is 4.04. The van der Waals surface area contributed by atoms with Gasteiger partial charge in [-0.15, -0.1) is 0 Å². The predicted molar refractivity (Wildman–Crippen MR) is 66.6 cm³/mol. The Labute approximate surface area is 111 Å². The Morgan fingerprint density at radius 3 is 2.63 bits per heavy atom. The van der Waals surface area contributed by atoms with Gasteiger partial charge in [-0.3, -0.25) is 9.59 Å². The van der Waals surface area contributed by atoms with Crippen LogP contribution in [0.2, 0.25) is 0 Å². The first-order chi connectivity index (χ1) is 9.15. The van der Waals surface area contributed by atoms with Gasteiger partial charge in [0.1, 0.15) is 11.9 Å². The number of esters is 2. The van der Waals surface area contributed by atoms with Gasteiger partial charge in [0.25, 0.3) is 0 Å². The first-order valence-corrected chi connectivity index (χ1v) is 6.16. The van der Waals surface area contributed by atoms with Gasteiger partial charge < -0.3 is 14.2 Å². The van der Waals surface area contributed by atoms with Crippen molar-refractivity contribution >= 4 is 11.9 Å². The summed E-state index contributed by atoms with van der Waals surface area (Å²) in [5.41, 5.74) is 0.848. The van der Waals surface area contributed by atoms with E-state index in [0.717, 1.165) is 11.3 Å². The van der Waals surface area contributed by atoms with Crippen LogP contribution in [-0.2, 0) is 19.1 Å². The van der Waals surface area contributed by atoms with E-state index in [9.17, 15) is 9.59 Å². The van der Waals surface area contributed by atoms with Gasteiger partial charge in [0.05, 0.1) is 13.7 Å². The third-order valence-electron chi connectivity index (χ3n) is 3.05. The van der Waals surface area contributed by atoms with Crippen LogP contribution in [0.15, 0.2) is 24.3 Å². The van der Waals surface area contributed by atoms with Gasteiger partial charge in [-0.1, -0.05) is 12.1 Å². The largest absolute Gasteiger partial charge is 0.497 e. The molecule has 5 nitrogen and oxygen atoms in total. The molecule has 5 heteroatoms. The Bertz CT molecular complexity index is 465. The zero-order valence-corrected chi connectivity index (χ0v) is 10.9. The molecule has 0 amide bonds. The van der Waals surface area contributed by atoms with E-state index in [4.69, 9.17) is 14.2 Å². The number of benzene rings is 1. The van der Waals surface area contributed by atoms with E-state index < -0.39 is 24.0 Å². The lowest BCUT2D eigenvalue weighted by Crippen LogP contribution is -2.21. The molecule has 0 spiro atoms. The molecule has 1 aromatic carbocycles. The smallest absolute Gasteiger partial charge is 0.321 e. The number of methoxy groups -OCH3 is 1. The molecule has 1 aliphatic heterocycles. The molecule has 0 saturated carbocycles. The molecule has 1 saturated heterocycles. The topological polar surface area (TPSA) is 61.8 Å². The molecule has 0 bridgehead atoms. The Morgan fingerprint density at radius 1 is 1.37 bits per heavy atom. The minimum atomic E-state index is -0.813. The molecule has 1 aliphatic rings. The minimum Gasteiger partial charge on any atom is -0.497 e. The van der Waals surface area contributed by atoms with Gasteiger partial charge in [0.2, 0.25) is 0 Å². The van der Waals surface area contributed by atoms with Crippen LogP contribution in [0.4, 0.5) is 0 Å². The molecular formula is C14H16O5. The van der Waals surface area contributed by atoms with E-state index in [2.05, 4.69) is 0 Å². The average Bonchev–Trinajstić information content (AvgIpc) is 2.81. The van der Waals surface area contributed by atoms with Gasteiger partial charge in [0.15, 0.2) is 5.92 Å². The fourth-order valence-corrected chi connectivity index (χ4v) is 2.04. The molecule has 0 aromatic heterocycles. The molecule has 2 atom stereocenters. The van der Waals surface area contributed by atoms with Crippen LogP contribution in [0.1, 0.15) is 25.0 Å². The summed E-state index contributed by atoms with van der Waals surface area (Å²) < 4.78 is 15.1. The maximum atomic E-state index is 11.6. The van der Waals surface area contributed by atoms with Crippen molar-refractivity contribution in [2.45, 2.75) is 19.4 Å². The molecule has 2 rings (SSSR count). The normalized spacial score (nSPS) is 21.9. The van der Waals surface area contributed by atoms with E-state index >= 15 is 0 Å². The maximum absolute atomic E-state index is 11.6. The second kappa shape index (κ2) is 5.73. The Hall–Kier alpha value is -2.04. The van der Waals surface area contributed by atoms with Crippen molar-refractivity contribution in [1.29, 1.82) is 0 Å². The van der Waals surface area contributed by atoms with E-state index in [1.807, 2.05) is 12.1 Å². The van der Waals surface area contributed by atoms with Gasteiger partial charge in [-0.05, 0) is 24.6 Å². The summed E-state index contributed by atoms with van der Waals surface area (Å²) in [4.78, 5) is 23.2. The van der Waals surface area contributed by atoms with Crippen molar-refractivity contribution in [3.05, 3.63) is 29.8 Å². The first-order valence-electron chi connectivity index (χ1n) is 6.16. The average molecular weight is 264 g/mol. The standard InChI is InChI=1S/C14H16O5/c1-3-18-13(15)11-8-12(19-14(11)16)9-4-6-10(17-2)7-5-9/h4-7,11-12H,3,8H2,1-2H3. The van der Waals surface area contributed by atoms with Crippen molar-refractivity contribution in [2.75, 3.05) is 13.7 Å². The minimum absolute atomic E-state index is 0.260. The van der Waals surface area contributed by atoms with Crippen molar-refractivity contribution in [3.63, 3.8) is 0 Å². The summed E-state index contributed by atoms with van der Waals surface area (Å²) in [6.45, 7) is 1.97. The number of hydrogen-bond donors (Lipinski definition) is 0. The van der Waals surface area contributed by atoms with E-state index in [-0.39, 0.29) is 6.61 Å². The molecule has 0 aliphatic carbocycles. The predicted octanol–water partition coefficient (Wildman–Crippen LogP) is 1.86. The van der Waals surface area contributed by atoms with Crippen LogP contribution in [0.5, 0.6) is 5.75 Å². The SMILES string of the molecule is CCOC(=O)C1CC(c2ccc(OC)cc2)OC1=O. The van der Waals surface area contributed by atoms with E-state index in [1.54, 1.807) is 26.2 Å². The number of carbonyl (C=O) groups is 2. The molecule has 1 fully saturated rings. The van der Waals surface area contributed by atoms with Crippen LogP contribution in [-0.4, -0.2) is 25.7 Å². The van der Waals surface area contributed by atoms with E-state index in [0.29, 0.717) is 6.42 Å². The van der Waals surface area contributed by atoms with Gasteiger partial charge in [-0.2, -0.15) is 0 Å². The van der Waals surface area contributed by atoms with Crippen LogP contribution in [0.25, 0.3) is 0 Å². The summed E-state index contributed by atoms with van der Waals surface area (Å²) >= 11 is 0. The lowest BCUT2D eigenvalue weighted by molar-refractivity contribution is -0.156. The molecule has 19 heavy (non-hydrogen) atoms. The number of ether oxygens (including phenoxy) is 3. The van der Waals surface area contributed by atoms with Crippen molar-refractivity contribution in [1.82, 2.24) is 0 Å². The maximum Gasteiger partial charge on any atom is 0.321 e. The lowest BCUT2D eigenvalue weighted by atomic mass is 10.0. The van der Waals surface area contributed by atoms with Gasteiger partial charge >= 0.3 is 11.9 Å². The zero-order chi connectivity index (χ0) is 13.8. The van der Waals surface area contributed by atoms with Crippen LogP contribution < -0.4 is 4.74 Å². The monoisotopic (exact) mass is 264 g/mol. The molecule has 0 N–H and O–H groups in total. The second-order valence-electron chi connectivity index (χ2n) is 4.24. The van der Waals surface area contributed by atoms with Crippen LogP contribution in [0.3, 0.4) is 0 Å². The van der Waals surface area contributed by atoms with Crippen molar-refractivity contribution in [2.24, 2.45) is 5.92 Å². The third kappa shape index (κ3) is 2.86. The summed E-state index contributed by atoms with van der Waals surface area (Å²) in [6, 6.07) is 7.23. The molecule has 2 unspecified atom stereocenters. The van der Waals surface area contributed by atoms with E-state index in [1.165, 1.54) is 0 Å². The molecule has 102 valence electrons. The van der Waals surface area contributed by atoms with Gasteiger partial charge in [0, 0.05) is 6.42 Å². The molecule has 1 aromatic rings. The lowest BCUT2D eigenvalue weighted by Gasteiger charge is -2.09. The number of hydrogen-bond acceptors (Lipinski definition) is 5. The summed E-state index contributed by atoms with van der Waals surface area (Å²) in [6.07, 6.45) is -0.0721.